The fourth-order valence-electron chi connectivity index (χ4n) is 11.1. The maximum Gasteiger partial charge on any atom is 0.345 e. The average Bonchev–Trinajstić information content (AvgIpc) is 3.87. The van der Waals surface area contributed by atoms with Crippen molar-refractivity contribution in [2.24, 2.45) is 52.3 Å². The van der Waals surface area contributed by atoms with Crippen LogP contribution in [-0.4, -0.2) is 85.8 Å². The number of allylic oxidation sites excluding steroid dienone is 7. The van der Waals surface area contributed by atoms with Crippen molar-refractivity contribution in [3.8, 4) is 0 Å². The molecule has 8 atom stereocenters. The summed E-state index contributed by atoms with van der Waals surface area (Å²) in [6, 6.07) is 0. The van der Waals surface area contributed by atoms with E-state index in [0.717, 1.165) is 56.9 Å². The molecular weight excluding hydrogens is 817 g/mol. The van der Waals surface area contributed by atoms with Crippen molar-refractivity contribution in [1.82, 2.24) is 0 Å². The molecule has 0 spiro atoms. The van der Waals surface area contributed by atoms with E-state index in [9.17, 15) is 44.2 Å². The fraction of sp³-hybridized carbons (Fsp3) is 0.723. The highest BCUT2D eigenvalue weighted by Crippen LogP contribution is 2.63. The summed E-state index contributed by atoms with van der Waals surface area (Å²) >= 11 is 0. The molecule has 6 rings (SSSR count). The lowest BCUT2D eigenvalue weighted by molar-refractivity contribution is -0.508. The Bertz CT molecular complexity index is 1830. The zero-order valence-electron chi connectivity index (χ0n) is 38.4. The molecule has 0 heterocycles. The highest BCUT2D eigenvalue weighted by atomic mass is 16.6. The number of ether oxygens (including phenoxy) is 5. The first kappa shape index (κ1) is 50.8. The monoisotopic (exact) mass is 884 g/mol. The quantitative estimate of drug-likeness (QED) is 0.0177. The number of rotatable bonds is 19. The minimum atomic E-state index is -1.24. The Morgan fingerprint density at radius 2 is 1.06 bits per heavy atom. The smallest absolute Gasteiger partial charge is 0.345 e. The number of nitrogens with zero attached hydrogens (tertiary/aromatic N) is 2. The highest BCUT2D eigenvalue weighted by molar-refractivity contribution is 6.15. The lowest BCUT2D eigenvalue weighted by Gasteiger charge is -2.51. The first-order chi connectivity index (χ1) is 30.0. The van der Waals surface area contributed by atoms with Gasteiger partial charge in [-0.1, -0.05) is 55.7 Å². The van der Waals surface area contributed by atoms with Gasteiger partial charge in [0.15, 0.2) is 5.92 Å². The van der Waals surface area contributed by atoms with Crippen LogP contribution in [0.1, 0.15) is 120 Å². The summed E-state index contributed by atoms with van der Waals surface area (Å²) in [5, 5.41) is 22.2. The maximum absolute atomic E-state index is 12.5. The number of esters is 5. The molecule has 0 unspecified atom stereocenters. The van der Waals surface area contributed by atoms with E-state index >= 15 is 0 Å². The molecule has 3 fully saturated rings. The Labute approximate surface area is 370 Å². The van der Waals surface area contributed by atoms with Crippen LogP contribution in [0.3, 0.4) is 0 Å². The molecule has 6 aliphatic carbocycles. The molecule has 3 saturated carbocycles. The summed E-state index contributed by atoms with van der Waals surface area (Å²) in [7, 11) is 0. The zero-order valence-corrected chi connectivity index (χ0v) is 38.4. The maximum atomic E-state index is 12.5. The largest absolute Gasteiger partial charge is 0.466 e. The van der Waals surface area contributed by atoms with E-state index in [1.54, 1.807) is 34.6 Å². The third kappa shape index (κ3) is 11.4. The van der Waals surface area contributed by atoms with Crippen molar-refractivity contribution in [3.63, 3.8) is 0 Å². The molecule has 0 aromatic carbocycles. The van der Waals surface area contributed by atoms with E-state index in [1.807, 2.05) is 13.0 Å². The number of carbonyl (C=O) groups is 5. The Kier molecular flexibility index (Phi) is 18.2. The Balaban J connectivity index is 0.000000209. The van der Waals surface area contributed by atoms with Gasteiger partial charge < -0.3 is 23.7 Å². The van der Waals surface area contributed by atoms with Gasteiger partial charge in [-0.3, -0.25) is 34.6 Å². The second-order valence-corrected chi connectivity index (χ2v) is 17.5. The van der Waals surface area contributed by atoms with Gasteiger partial charge in [0.25, 0.3) is 0 Å². The average molecular weight is 885 g/mol. The van der Waals surface area contributed by atoms with Gasteiger partial charge in [-0.2, -0.15) is 0 Å². The van der Waals surface area contributed by atoms with E-state index in [-0.39, 0.29) is 79.5 Å². The Morgan fingerprint density at radius 3 is 1.54 bits per heavy atom. The van der Waals surface area contributed by atoms with Crippen LogP contribution >= 0.6 is 0 Å². The summed E-state index contributed by atoms with van der Waals surface area (Å²) in [6.45, 7) is 15.4. The molecule has 6 aliphatic rings. The topological polar surface area (TPSA) is 218 Å². The summed E-state index contributed by atoms with van der Waals surface area (Å²) in [6.07, 6.45) is 14.6. The van der Waals surface area contributed by atoms with Crippen molar-refractivity contribution >= 4 is 29.8 Å². The minimum Gasteiger partial charge on any atom is -0.466 e. The van der Waals surface area contributed by atoms with Crippen LogP contribution in [0.4, 0.5) is 0 Å². The molecule has 0 aromatic heterocycles. The standard InChI is InChI=1S/C17H25NO6.C16H22O4.C14H21NO4/c1-4-11-7-12-9-17(10-18(21)22,13(12)8-11)14(15(19)23-5-2)16(20)24-6-3;1-4-10-7-11-9-13(12(11)8-10)14(15(17)19-5-2)16(18)20-6-3;1-3-10-5-11-7-14(9-15(17)18,12(11)6-10)8-13(16)19-4-2/h8,12-14H,4-7,9-10H2,1-3H3;8,11-12H,4-7,9H2,1-3H3;6,11-12H,3-5,7-9H2,1-2H3/t12-,13-,17-;11-,12-;11-,12-,14-/m111/s1. The predicted octanol–water partition coefficient (Wildman–Crippen LogP) is 7.73. The second kappa shape index (κ2) is 22.6. The molecule has 63 heavy (non-hydrogen) atoms. The number of nitro groups is 2. The van der Waals surface area contributed by atoms with E-state index in [0.29, 0.717) is 24.9 Å². The third-order valence-corrected chi connectivity index (χ3v) is 13.8. The zero-order chi connectivity index (χ0) is 46.6. The predicted molar refractivity (Wildman–Crippen MR) is 231 cm³/mol. The van der Waals surface area contributed by atoms with Crippen LogP contribution in [0.25, 0.3) is 0 Å². The van der Waals surface area contributed by atoms with Gasteiger partial charge in [-0.15, -0.1) is 0 Å². The lowest BCUT2D eigenvalue weighted by atomic mass is 9.49. The van der Waals surface area contributed by atoms with Crippen LogP contribution < -0.4 is 0 Å². The van der Waals surface area contributed by atoms with Gasteiger partial charge in [0, 0.05) is 15.8 Å². The molecule has 0 amide bonds. The van der Waals surface area contributed by atoms with Crippen molar-refractivity contribution < 1.29 is 57.5 Å². The molecule has 0 aromatic rings. The van der Waals surface area contributed by atoms with Gasteiger partial charge in [0.05, 0.1) is 50.3 Å². The van der Waals surface area contributed by atoms with E-state index in [2.05, 4.69) is 26.0 Å². The molecule has 0 radical (unpaired) electrons. The van der Waals surface area contributed by atoms with Crippen LogP contribution in [0.2, 0.25) is 0 Å². The molecule has 0 bridgehead atoms. The Morgan fingerprint density at radius 1 is 0.603 bits per heavy atom. The minimum absolute atomic E-state index is 0.118. The second-order valence-electron chi connectivity index (χ2n) is 17.5. The SMILES string of the molecule is CCOC(=O)C(C(=O)OCC)=C1C[C@H]2CC(CC)=C[C@@H]12.CCOC(=O)C(C(=O)OCC)[C@@]1(C[N+](=O)[O-])C[C@H]2CC(CC)=C[C@H]21.CCOC(=O)C[C@@]1(C[N+](=O)[O-])C[C@H]2CC(CC)=C[C@H]21. The molecule has 0 N–H and O–H groups in total. The summed E-state index contributed by atoms with van der Waals surface area (Å²) < 4.78 is 25.1. The number of fused-ring (bicyclic) bond motifs is 3. The van der Waals surface area contributed by atoms with Crippen LogP contribution in [0.5, 0.6) is 0 Å². The van der Waals surface area contributed by atoms with E-state index in [4.69, 9.17) is 23.7 Å². The van der Waals surface area contributed by atoms with E-state index in [1.165, 1.54) is 16.7 Å². The lowest BCUT2D eigenvalue weighted by Crippen LogP contribution is -2.59. The van der Waals surface area contributed by atoms with E-state index < -0.39 is 52.1 Å². The van der Waals surface area contributed by atoms with Crippen molar-refractivity contribution in [1.29, 1.82) is 0 Å². The molecule has 350 valence electrons. The van der Waals surface area contributed by atoms with Gasteiger partial charge in [0.2, 0.25) is 13.1 Å². The third-order valence-electron chi connectivity index (χ3n) is 13.8. The Hall–Kier alpha value is -4.89. The number of hydrogen-bond acceptors (Lipinski definition) is 14. The molecule has 0 saturated heterocycles. The van der Waals surface area contributed by atoms with Crippen molar-refractivity contribution in [3.05, 3.63) is 66.3 Å². The van der Waals surface area contributed by atoms with Gasteiger partial charge in [-0.05, 0) is 128 Å². The van der Waals surface area contributed by atoms with Crippen LogP contribution in [0, 0.1) is 72.5 Å². The normalized spacial score (nSPS) is 27.8. The van der Waals surface area contributed by atoms with Gasteiger partial charge in [-0.25, -0.2) is 9.59 Å². The van der Waals surface area contributed by atoms with Gasteiger partial charge >= 0.3 is 29.8 Å². The number of carbonyl (C=O) groups excluding carboxylic acids is 5. The summed E-state index contributed by atoms with van der Waals surface area (Å²) in [5.41, 5.74) is 3.52. The first-order valence-corrected chi connectivity index (χ1v) is 22.9. The number of hydrogen-bond donors (Lipinski definition) is 0. The van der Waals surface area contributed by atoms with Crippen molar-refractivity contribution in [2.75, 3.05) is 46.1 Å². The molecular formula is C47H68N2O14. The van der Waals surface area contributed by atoms with Crippen molar-refractivity contribution in [2.45, 2.75) is 120 Å². The fourth-order valence-corrected chi connectivity index (χ4v) is 11.1. The molecule has 0 aliphatic heterocycles. The summed E-state index contributed by atoms with van der Waals surface area (Å²) in [4.78, 5) is 82.2. The molecule has 16 heteroatoms. The van der Waals surface area contributed by atoms with Crippen LogP contribution in [-0.2, 0) is 47.7 Å². The van der Waals surface area contributed by atoms with Crippen LogP contribution in [0.15, 0.2) is 46.1 Å². The first-order valence-electron chi connectivity index (χ1n) is 22.9. The van der Waals surface area contributed by atoms with Gasteiger partial charge in [0.1, 0.15) is 5.57 Å². The highest BCUT2D eigenvalue weighted by Gasteiger charge is 2.66. The summed E-state index contributed by atoms with van der Waals surface area (Å²) in [5.74, 6) is -2.45. The molecule has 16 nitrogen and oxygen atoms in total.